The van der Waals surface area contributed by atoms with Crippen LogP contribution in [0.25, 0.3) is 11.1 Å². The van der Waals surface area contributed by atoms with Crippen LogP contribution in [0, 0.1) is 0 Å². The number of carbonyl (C=O) groups excluding carboxylic acids is 2. The lowest BCUT2D eigenvalue weighted by Gasteiger charge is -2.08. The Morgan fingerprint density at radius 1 is 1.10 bits per heavy atom. The zero-order valence-corrected chi connectivity index (χ0v) is 11.4. The summed E-state index contributed by atoms with van der Waals surface area (Å²) < 4.78 is 0. The Morgan fingerprint density at radius 3 is 2.50 bits per heavy atom. The highest BCUT2D eigenvalue weighted by Crippen LogP contribution is 2.41. The summed E-state index contributed by atoms with van der Waals surface area (Å²) in [5, 5.41) is 3.01. The Labute approximate surface area is 120 Å². The maximum absolute atomic E-state index is 12.4. The van der Waals surface area contributed by atoms with E-state index >= 15 is 0 Å². The summed E-state index contributed by atoms with van der Waals surface area (Å²) >= 11 is 6.15. The summed E-state index contributed by atoms with van der Waals surface area (Å²) in [5.41, 5.74) is 9.37. The summed E-state index contributed by atoms with van der Waals surface area (Å²) in [5.74, 6) is -0.343. The second kappa shape index (κ2) is 4.35. The number of amides is 1. The molecule has 2 aromatic carbocycles. The van der Waals surface area contributed by atoms with Gasteiger partial charge in [-0.05, 0) is 35.4 Å². The average molecular weight is 287 g/mol. The fourth-order valence-electron chi connectivity index (χ4n) is 2.40. The van der Waals surface area contributed by atoms with Crippen LogP contribution in [0.1, 0.15) is 22.8 Å². The van der Waals surface area contributed by atoms with Crippen molar-refractivity contribution in [2.45, 2.75) is 6.92 Å². The van der Waals surface area contributed by atoms with Crippen LogP contribution in [0.4, 0.5) is 11.4 Å². The molecule has 3 N–H and O–H groups in total. The van der Waals surface area contributed by atoms with Crippen molar-refractivity contribution in [2.75, 3.05) is 11.1 Å². The van der Waals surface area contributed by atoms with Gasteiger partial charge in [-0.2, -0.15) is 0 Å². The van der Waals surface area contributed by atoms with Crippen molar-refractivity contribution in [3.63, 3.8) is 0 Å². The van der Waals surface area contributed by atoms with Gasteiger partial charge in [-0.15, -0.1) is 0 Å². The number of rotatable bonds is 1. The molecule has 0 saturated heterocycles. The number of nitrogens with two attached hydrogens (primary N) is 1. The molecule has 1 aliphatic carbocycles. The van der Waals surface area contributed by atoms with Gasteiger partial charge < -0.3 is 11.1 Å². The molecule has 1 amide bonds. The van der Waals surface area contributed by atoms with E-state index in [0.717, 1.165) is 11.1 Å². The molecule has 0 heterocycles. The Bertz CT molecular complexity index is 769. The van der Waals surface area contributed by atoms with E-state index in [4.69, 9.17) is 17.3 Å². The van der Waals surface area contributed by atoms with Crippen molar-refractivity contribution in [3.8, 4) is 11.1 Å². The molecule has 0 saturated carbocycles. The summed E-state index contributed by atoms with van der Waals surface area (Å²) in [6, 6.07) is 8.52. The predicted octanol–water partition coefficient (Wildman–Crippen LogP) is 3.09. The first kappa shape index (κ1) is 12.7. The van der Waals surface area contributed by atoms with Crippen molar-refractivity contribution in [1.29, 1.82) is 0 Å². The monoisotopic (exact) mass is 286 g/mol. The van der Waals surface area contributed by atoms with Gasteiger partial charge in [-0.1, -0.05) is 17.7 Å². The van der Waals surface area contributed by atoms with E-state index in [9.17, 15) is 9.59 Å². The molecule has 3 rings (SSSR count). The minimum absolute atomic E-state index is 0.106. The van der Waals surface area contributed by atoms with Gasteiger partial charge in [0.05, 0.1) is 10.7 Å². The zero-order valence-electron chi connectivity index (χ0n) is 10.7. The SMILES string of the molecule is CC(=O)Nc1cc2c(cc1Cl)-c1ccc(N)cc1C2=O. The average Bonchev–Trinajstić information content (AvgIpc) is 2.63. The third-order valence-electron chi connectivity index (χ3n) is 3.24. The molecule has 0 fully saturated rings. The van der Waals surface area contributed by atoms with Crippen LogP contribution in [0.3, 0.4) is 0 Å². The van der Waals surface area contributed by atoms with E-state index < -0.39 is 0 Å². The minimum atomic E-state index is -0.237. The van der Waals surface area contributed by atoms with E-state index in [1.54, 1.807) is 24.3 Å². The lowest BCUT2D eigenvalue weighted by atomic mass is 10.1. The fourth-order valence-corrected chi connectivity index (χ4v) is 2.61. The molecule has 0 atom stereocenters. The molecule has 0 bridgehead atoms. The first-order valence-electron chi connectivity index (χ1n) is 6.03. The van der Waals surface area contributed by atoms with Crippen LogP contribution in [-0.4, -0.2) is 11.7 Å². The van der Waals surface area contributed by atoms with Gasteiger partial charge in [-0.3, -0.25) is 9.59 Å². The molecule has 4 nitrogen and oxygen atoms in total. The smallest absolute Gasteiger partial charge is 0.221 e. The second-order valence-corrected chi connectivity index (χ2v) is 5.10. The number of hydrogen-bond acceptors (Lipinski definition) is 3. The quantitative estimate of drug-likeness (QED) is 0.675. The normalized spacial score (nSPS) is 12.0. The van der Waals surface area contributed by atoms with Crippen LogP contribution in [0.15, 0.2) is 30.3 Å². The van der Waals surface area contributed by atoms with Gasteiger partial charge in [0.25, 0.3) is 0 Å². The molecule has 0 aromatic heterocycles. The number of nitrogen functional groups attached to an aromatic ring is 1. The largest absolute Gasteiger partial charge is 0.399 e. The van der Waals surface area contributed by atoms with Crippen LogP contribution < -0.4 is 11.1 Å². The summed E-state index contributed by atoms with van der Waals surface area (Å²) in [7, 11) is 0. The number of anilines is 2. The number of nitrogens with one attached hydrogen (secondary N) is 1. The molecule has 2 aromatic rings. The topological polar surface area (TPSA) is 72.2 Å². The highest BCUT2D eigenvalue weighted by atomic mass is 35.5. The Hall–Kier alpha value is -2.33. The molecule has 5 heteroatoms. The van der Waals surface area contributed by atoms with Crippen LogP contribution in [-0.2, 0) is 4.79 Å². The van der Waals surface area contributed by atoms with E-state index in [-0.39, 0.29) is 11.7 Å². The number of ketones is 1. The van der Waals surface area contributed by atoms with Crippen molar-refractivity contribution >= 4 is 34.7 Å². The molecule has 0 aliphatic heterocycles. The highest BCUT2D eigenvalue weighted by molar-refractivity contribution is 6.35. The van der Waals surface area contributed by atoms with Gasteiger partial charge in [0, 0.05) is 23.7 Å². The summed E-state index contributed by atoms with van der Waals surface area (Å²) in [4.78, 5) is 23.5. The number of halogens is 1. The third-order valence-corrected chi connectivity index (χ3v) is 3.55. The van der Waals surface area contributed by atoms with Gasteiger partial charge in [0.2, 0.25) is 5.91 Å². The van der Waals surface area contributed by atoms with Crippen molar-refractivity contribution in [2.24, 2.45) is 0 Å². The lowest BCUT2D eigenvalue weighted by molar-refractivity contribution is -0.114. The van der Waals surface area contributed by atoms with E-state index in [1.807, 2.05) is 6.07 Å². The molecule has 0 unspecified atom stereocenters. The van der Waals surface area contributed by atoms with E-state index in [2.05, 4.69) is 5.32 Å². The van der Waals surface area contributed by atoms with E-state index in [0.29, 0.717) is 27.5 Å². The molecule has 1 aliphatic rings. The van der Waals surface area contributed by atoms with Gasteiger partial charge in [-0.25, -0.2) is 0 Å². The van der Waals surface area contributed by atoms with Crippen molar-refractivity contribution in [1.82, 2.24) is 0 Å². The van der Waals surface area contributed by atoms with E-state index in [1.165, 1.54) is 6.92 Å². The first-order valence-corrected chi connectivity index (χ1v) is 6.41. The number of benzene rings is 2. The minimum Gasteiger partial charge on any atom is -0.399 e. The fraction of sp³-hybridized carbons (Fsp3) is 0.0667. The molecule has 100 valence electrons. The zero-order chi connectivity index (χ0) is 14.4. The van der Waals surface area contributed by atoms with Crippen molar-refractivity contribution in [3.05, 3.63) is 46.5 Å². The summed E-state index contributed by atoms with van der Waals surface area (Å²) in [6.07, 6.45) is 0. The number of carbonyl (C=O) groups is 2. The predicted molar refractivity (Wildman–Crippen MR) is 79.0 cm³/mol. The number of fused-ring (bicyclic) bond motifs is 3. The molecule has 20 heavy (non-hydrogen) atoms. The van der Waals surface area contributed by atoms with Gasteiger partial charge in [0.15, 0.2) is 5.78 Å². The molecule has 0 spiro atoms. The van der Waals surface area contributed by atoms with Gasteiger partial charge in [0.1, 0.15) is 0 Å². The molecular formula is C15H11ClN2O2. The lowest BCUT2D eigenvalue weighted by Crippen LogP contribution is -2.07. The first-order chi connectivity index (χ1) is 9.47. The van der Waals surface area contributed by atoms with Crippen LogP contribution in [0.5, 0.6) is 0 Å². The summed E-state index contributed by atoms with van der Waals surface area (Å²) in [6.45, 7) is 1.39. The Kier molecular flexibility index (Phi) is 2.76. The Morgan fingerprint density at radius 2 is 1.80 bits per heavy atom. The van der Waals surface area contributed by atoms with Crippen LogP contribution >= 0.6 is 11.6 Å². The van der Waals surface area contributed by atoms with Crippen molar-refractivity contribution < 1.29 is 9.59 Å². The Balaban J connectivity index is 2.20. The van der Waals surface area contributed by atoms with Gasteiger partial charge >= 0.3 is 0 Å². The third kappa shape index (κ3) is 1.85. The number of hydrogen-bond donors (Lipinski definition) is 2. The van der Waals surface area contributed by atoms with Crippen LogP contribution in [0.2, 0.25) is 5.02 Å². The standard InChI is InChI=1S/C15H11ClN2O2/c1-7(19)18-14-6-12-10(5-13(14)16)9-3-2-8(17)4-11(9)15(12)20/h2-6H,17H2,1H3,(H,18,19). The molecule has 0 radical (unpaired) electrons. The maximum Gasteiger partial charge on any atom is 0.221 e. The molecular weight excluding hydrogens is 276 g/mol. The highest BCUT2D eigenvalue weighted by Gasteiger charge is 2.28. The second-order valence-electron chi connectivity index (χ2n) is 4.69. The maximum atomic E-state index is 12.4.